The van der Waals surface area contributed by atoms with Gasteiger partial charge < -0.3 is 9.42 Å². The Morgan fingerprint density at radius 3 is 2.58 bits per heavy atom. The number of nitrogens with zero attached hydrogens (tertiary/aromatic N) is 4. The number of amides is 1. The van der Waals surface area contributed by atoms with Crippen LogP contribution in [0, 0.1) is 17.8 Å². The van der Waals surface area contributed by atoms with Crippen molar-refractivity contribution < 1.29 is 9.32 Å². The van der Waals surface area contributed by atoms with Crippen LogP contribution in [-0.4, -0.2) is 52.0 Å². The van der Waals surface area contributed by atoms with Gasteiger partial charge in [0, 0.05) is 38.0 Å². The third kappa shape index (κ3) is 2.75. The van der Waals surface area contributed by atoms with Crippen molar-refractivity contribution in [1.82, 2.24) is 19.9 Å². The molecule has 1 aromatic heterocycles. The van der Waals surface area contributed by atoms with E-state index in [0.717, 1.165) is 56.8 Å². The number of aromatic nitrogens is 2. The van der Waals surface area contributed by atoms with Gasteiger partial charge in [-0.2, -0.15) is 4.98 Å². The van der Waals surface area contributed by atoms with Gasteiger partial charge >= 0.3 is 0 Å². The first-order valence-electron chi connectivity index (χ1n) is 9.60. The second-order valence-corrected chi connectivity index (χ2v) is 8.21. The number of piperazine rings is 1. The summed E-state index contributed by atoms with van der Waals surface area (Å²) in [6.07, 6.45) is 7.46. The average molecular weight is 330 g/mol. The zero-order chi connectivity index (χ0) is 16.1. The Hall–Kier alpha value is -1.43. The van der Waals surface area contributed by atoms with E-state index in [4.69, 9.17) is 4.52 Å². The largest absolute Gasteiger partial charge is 0.340 e. The van der Waals surface area contributed by atoms with Gasteiger partial charge in [-0.15, -0.1) is 0 Å². The second kappa shape index (κ2) is 5.83. The lowest BCUT2D eigenvalue weighted by Crippen LogP contribution is -2.50. The minimum Gasteiger partial charge on any atom is -0.340 e. The molecule has 1 aromatic rings. The molecule has 4 fully saturated rings. The van der Waals surface area contributed by atoms with Crippen molar-refractivity contribution >= 4 is 5.91 Å². The zero-order valence-electron chi connectivity index (χ0n) is 14.2. The summed E-state index contributed by atoms with van der Waals surface area (Å²) in [5.41, 5.74) is 0. The normalized spacial score (nSPS) is 33.3. The van der Waals surface area contributed by atoms with Crippen LogP contribution in [-0.2, 0) is 11.3 Å². The summed E-state index contributed by atoms with van der Waals surface area (Å²) in [7, 11) is 0. The van der Waals surface area contributed by atoms with Crippen LogP contribution in [0.25, 0.3) is 0 Å². The Bertz CT molecular complexity index is 618. The van der Waals surface area contributed by atoms with Crippen LogP contribution in [0.4, 0.5) is 0 Å². The van der Waals surface area contributed by atoms with E-state index < -0.39 is 0 Å². The van der Waals surface area contributed by atoms with Crippen LogP contribution < -0.4 is 0 Å². The molecule has 3 aliphatic carbocycles. The number of hydrogen-bond acceptors (Lipinski definition) is 5. The molecule has 3 saturated carbocycles. The number of rotatable bonds is 4. The number of carbonyl (C=O) groups excluding carboxylic acids is 1. The highest BCUT2D eigenvalue weighted by atomic mass is 16.5. The summed E-state index contributed by atoms with van der Waals surface area (Å²) in [6.45, 7) is 4.27. The van der Waals surface area contributed by atoms with E-state index in [1.165, 1.54) is 32.1 Å². The molecular weight excluding hydrogens is 304 g/mol. The molecular formula is C18H26N4O2. The van der Waals surface area contributed by atoms with Gasteiger partial charge in [0.15, 0.2) is 5.82 Å². The predicted octanol–water partition coefficient (Wildman–Crippen LogP) is 2.03. The van der Waals surface area contributed by atoms with Gasteiger partial charge in [0.1, 0.15) is 0 Å². The Morgan fingerprint density at radius 2 is 1.92 bits per heavy atom. The Labute approximate surface area is 142 Å². The molecule has 0 N–H and O–H groups in total. The molecule has 6 nitrogen and oxygen atoms in total. The van der Waals surface area contributed by atoms with Gasteiger partial charge in [0.25, 0.3) is 0 Å². The summed E-state index contributed by atoms with van der Waals surface area (Å²) >= 11 is 0. The summed E-state index contributed by atoms with van der Waals surface area (Å²) in [5.74, 6) is 4.40. The Morgan fingerprint density at radius 1 is 1.08 bits per heavy atom. The Kier molecular flexibility index (Phi) is 3.61. The summed E-state index contributed by atoms with van der Waals surface area (Å²) in [4.78, 5) is 21.8. The Balaban J connectivity index is 1.13. The monoisotopic (exact) mass is 330 g/mol. The van der Waals surface area contributed by atoms with Crippen LogP contribution >= 0.6 is 0 Å². The molecule has 0 radical (unpaired) electrons. The van der Waals surface area contributed by atoms with Crippen molar-refractivity contribution in [3.63, 3.8) is 0 Å². The molecule has 1 saturated heterocycles. The maximum Gasteiger partial charge on any atom is 0.229 e. The van der Waals surface area contributed by atoms with Gasteiger partial charge in [0.2, 0.25) is 11.8 Å². The van der Waals surface area contributed by atoms with Crippen molar-refractivity contribution in [2.24, 2.45) is 17.8 Å². The second-order valence-electron chi connectivity index (χ2n) is 8.21. The lowest BCUT2D eigenvalue weighted by atomic mass is 9.87. The molecule has 4 aliphatic rings. The average Bonchev–Trinajstić information content (AvgIpc) is 3.03. The summed E-state index contributed by atoms with van der Waals surface area (Å²) in [6, 6.07) is 0. The van der Waals surface area contributed by atoms with Gasteiger partial charge in [-0.1, -0.05) is 11.6 Å². The first-order chi connectivity index (χ1) is 11.8. The lowest BCUT2D eigenvalue weighted by Gasteiger charge is -2.36. The van der Waals surface area contributed by atoms with Crippen molar-refractivity contribution in [3.8, 4) is 0 Å². The van der Waals surface area contributed by atoms with E-state index in [1.54, 1.807) is 0 Å². The van der Waals surface area contributed by atoms with Crippen molar-refractivity contribution in [3.05, 3.63) is 11.7 Å². The minimum atomic E-state index is 0.327. The number of hydrogen-bond donors (Lipinski definition) is 0. The minimum absolute atomic E-state index is 0.327. The maximum absolute atomic E-state index is 12.8. The highest BCUT2D eigenvalue weighted by Gasteiger charge is 2.44. The lowest BCUT2D eigenvalue weighted by molar-refractivity contribution is -0.139. The number of fused-ring (bicyclic) bond motifs is 2. The molecule has 2 heterocycles. The fraction of sp³-hybridized carbons (Fsp3) is 0.833. The molecule has 130 valence electrons. The third-order valence-electron chi connectivity index (χ3n) is 6.51. The van der Waals surface area contributed by atoms with E-state index >= 15 is 0 Å². The topological polar surface area (TPSA) is 62.5 Å². The molecule has 5 rings (SSSR count). The van der Waals surface area contributed by atoms with Crippen LogP contribution in [0.3, 0.4) is 0 Å². The molecule has 3 unspecified atom stereocenters. The fourth-order valence-electron chi connectivity index (χ4n) is 4.94. The van der Waals surface area contributed by atoms with Gasteiger partial charge in [-0.05, 0) is 43.9 Å². The molecule has 0 spiro atoms. The molecule has 3 atom stereocenters. The number of carbonyl (C=O) groups is 1. The standard InChI is InChI=1S/C18H26N4O2/c23-18(15-10-12-1-2-14(15)9-12)22-7-5-21(6-8-22)11-16-19-17(24-20-16)13-3-4-13/h12-15H,1-11H2. The van der Waals surface area contributed by atoms with E-state index in [1.807, 2.05) is 0 Å². The summed E-state index contributed by atoms with van der Waals surface area (Å²) in [5, 5.41) is 4.11. The molecule has 1 aliphatic heterocycles. The first kappa shape index (κ1) is 14.9. The third-order valence-corrected chi connectivity index (χ3v) is 6.51. The van der Waals surface area contributed by atoms with E-state index in [2.05, 4.69) is 19.9 Å². The van der Waals surface area contributed by atoms with E-state index in [0.29, 0.717) is 23.7 Å². The molecule has 6 heteroatoms. The highest BCUT2D eigenvalue weighted by molar-refractivity contribution is 5.79. The van der Waals surface area contributed by atoms with Gasteiger partial charge in [-0.25, -0.2) is 0 Å². The molecule has 24 heavy (non-hydrogen) atoms. The highest BCUT2D eigenvalue weighted by Crippen LogP contribution is 2.48. The van der Waals surface area contributed by atoms with E-state index in [-0.39, 0.29) is 0 Å². The molecule has 1 amide bonds. The quantitative estimate of drug-likeness (QED) is 0.845. The predicted molar refractivity (Wildman–Crippen MR) is 87.1 cm³/mol. The van der Waals surface area contributed by atoms with Crippen LogP contribution in [0.2, 0.25) is 0 Å². The molecule has 2 bridgehead atoms. The molecule has 0 aromatic carbocycles. The van der Waals surface area contributed by atoms with Crippen LogP contribution in [0.1, 0.15) is 56.2 Å². The zero-order valence-corrected chi connectivity index (χ0v) is 14.2. The first-order valence-corrected chi connectivity index (χ1v) is 9.60. The SMILES string of the molecule is O=C(C1CC2CCC1C2)N1CCN(Cc2noc(C3CC3)n2)CC1. The van der Waals surface area contributed by atoms with Crippen molar-refractivity contribution in [2.45, 2.75) is 51.0 Å². The maximum atomic E-state index is 12.8. The van der Waals surface area contributed by atoms with Crippen molar-refractivity contribution in [1.29, 1.82) is 0 Å². The van der Waals surface area contributed by atoms with Gasteiger partial charge in [-0.3, -0.25) is 9.69 Å². The van der Waals surface area contributed by atoms with Crippen LogP contribution in [0.5, 0.6) is 0 Å². The fourth-order valence-corrected chi connectivity index (χ4v) is 4.94. The van der Waals surface area contributed by atoms with Crippen LogP contribution in [0.15, 0.2) is 4.52 Å². The van der Waals surface area contributed by atoms with Crippen molar-refractivity contribution in [2.75, 3.05) is 26.2 Å². The van der Waals surface area contributed by atoms with E-state index in [9.17, 15) is 4.79 Å². The summed E-state index contributed by atoms with van der Waals surface area (Å²) < 4.78 is 5.33. The smallest absolute Gasteiger partial charge is 0.229 e. The van der Waals surface area contributed by atoms with Gasteiger partial charge in [0.05, 0.1) is 6.54 Å².